The number of thioether (sulfide) groups is 2. The Labute approximate surface area is 226 Å². The van der Waals surface area contributed by atoms with Gasteiger partial charge in [-0.3, -0.25) is 4.90 Å². The van der Waals surface area contributed by atoms with Gasteiger partial charge in [-0.15, -0.1) is 23.5 Å². The predicted octanol–water partition coefficient (Wildman–Crippen LogP) is 5.50. The molecule has 0 atom stereocenters. The SMILES string of the molecule is COc1cc(C(SC(C)C)SC(C)C)ccc1OCCN1CCN(S(=O)(=O)Cc2ccccc2)CC1. The van der Waals surface area contributed by atoms with Gasteiger partial charge in [-0.25, -0.2) is 8.42 Å². The second kappa shape index (κ2) is 14.0. The van der Waals surface area contributed by atoms with E-state index in [0.717, 1.165) is 23.6 Å². The van der Waals surface area contributed by atoms with Crippen molar-refractivity contribution >= 4 is 33.5 Å². The van der Waals surface area contributed by atoms with Crippen LogP contribution in [0.4, 0.5) is 0 Å². The second-order valence-corrected chi connectivity index (χ2v) is 15.1. The minimum absolute atomic E-state index is 0.0545. The summed E-state index contributed by atoms with van der Waals surface area (Å²) in [5.74, 6) is 1.55. The van der Waals surface area contributed by atoms with Gasteiger partial charge in [0.25, 0.3) is 0 Å². The minimum Gasteiger partial charge on any atom is -0.493 e. The predicted molar refractivity (Wildman–Crippen MR) is 154 cm³/mol. The standard InChI is InChI=1S/C27H40N2O4S3/c1-21(2)34-27(35-22(3)4)24-11-12-25(26(19-24)32-5)33-18-17-28-13-15-29(16-14-28)36(30,31)20-23-9-7-6-8-10-23/h6-12,19,21-22,27H,13-18,20H2,1-5H3. The highest BCUT2D eigenvalue weighted by Gasteiger charge is 2.27. The fourth-order valence-corrected chi connectivity index (χ4v) is 8.73. The van der Waals surface area contributed by atoms with Crippen LogP contribution < -0.4 is 9.47 Å². The third-order valence-corrected chi connectivity index (χ3v) is 10.5. The number of piperazine rings is 1. The van der Waals surface area contributed by atoms with Gasteiger partial charge in [-0.1, -0.05) is 64.1 Å². The van der Waals surface area contributed by atoms with E-state index in [0.29, 0.717) is 47.9 Å². The summed E-state index contributed by atoms with van der Waals surface area (Å²) in [6.45, 7) is 12.6. The van der Waals surface area contributed by atoms with Crippen LogP contribution in [0.1, 0.15) is 43.4 Å². The largest absolute Gasteiger partial charge is 0.493 e. The molecule has 36 heavy (non-hydrogen) atoms. The number of hydrogen-bond donors (Lipinski definition) is 0. The molecule has 1 aliphatic rings. The van der Waals surface area contributed by atoms with Crippen LogP contribution in [0, 0.1) is 0 Å². The molecule has 0 spiro atoms. The maximum Gasteiger partial charge on any atom is 0.218 e. The zero-order valence-corrected chi connectivity index (χ0v) is 24.5. The summed E-state index contributed by atoms with van der Waals surface area (Å²) < 4.78 is 39.3. The van der Waals surface area contributed by atoms with Crippen molar-refractivity contribution in [3.63, 3.8) is 0 Å². The van der Waals surface area contributed by atoms with Crippen LogP contribution >= 0.6 is 23.5 Å². The molecule has 2 aromatic rings. The number of rotatable bonds is 13. The van der Waals surface area contributed by atoms with E-state index >= 15 is 0 Å². The van der Waals surface area contributed by atoms with E-state index in [1.807, 2.05) is 59.9 Å². The van der Waals surface area contributed by atoms with Crippen LogP contribution in [0.2, 0.25) is 0 Å². The molecule has 0 aliphatic carbocycles. The van der Waals surface area contributed by atoms with E-state index in [4.69, 9.17) is 9.47 Å². The molecule has 1 aliphatic heterocycles. The first kappa shape index (κ1) is 29.2. The van der Waals surface area contributed by atoms with Gasteiger partial charge in [0.05, 0.1) is 17.4 Å². The fourth-order valence-electron chi connectivity index (χ4n) is 4.03. The third-order valence-electron chi connectivity index (χ3n) is 5.83. The maximum atomic E-state index is 12.8. The Morgan fingerprint density at radius 2 is 1.53 bits per heavy atom. The molecule has 0 amide bonds. The van der Waals surface area contributed by atoms with Gasteiger partial charge in [0.1, 0.15) is 6.61 Å². The van der Waals surface area contributed by atoms with Gasteiger partial charge in [-0.05, 0) is 23.3 Å². The first-order valence-corrected chi connectivity index (χ1v) is 16.0. The topological polar surface area (TPSA) is 59.1 Å². The molecule has 1 saturated heterocycles. The molecule has 1 heterocycles. The summed E-state index contributed by atoms with van der Waals surface area (Å²) in [4.78, 5) is 2.25. The lowest BCUT2D eigenvalue weighted by Gasteiger charge is -2.33. The Hall–Kier alpha value is -1.39. The number of benzene rings is 2. The summed E-state index contributed by atoms with van der Waals surface area (Å²) in [6.07, 6.45) is 0. The molecule has 2 aromatic carbocycles. The Bertz CT molecular complexity index is 1030. The van der Waals surface area contributed by atoms with Crippen molar-refractivity contribution in [2.75, 3.05) is 46.4 Å². The Morgan fingerprint density at radius 1 is 0.889 bits per heavy atom. The number of nitrogens with zero attached hydrogens (tertiary/aromatic N) is 2. The molecule has 200 valence electrons. The van der Waals surface area contributed by atoms with Gasteiger partial charge >= 0.3 is 0 Å². The van der Waals surface area contributed by atoms with E-state index in [1.165, 1.54) is 5.56 Å². The molecule has 1 fully saturated rings. The number of ether oxygens (including phenoxy) is 2. The third kappa shape index (κ3) is 8.87. The smallest absolute Gasteiger partial charge is 0.218 e. The average Bonchev–Trinajstić information content (AvgIpc) is 2.84. The van der Waals surface area contributed by atoms with Crippen LogP contribution in [-0.2, 0) is 15.8 Å². The summed E-state index contributed by atoms with van der Waals surface area (Å²) in [7, 11) is -1.62. The van der Waals surface area contributed by atoms with Crippen molar-refractivity contribution in [2.24, 2.45) is 0 Å². The van der Waals surface area contributed by atoms with Gasteiger partial charge in [0, 0.05) is 43.2 Å². The van der Waals surface area contributed by atoms with Crippen molar-refractivity contribution < 1.29 is 17.9 Å². The van der Waals surface area contributed by atoms with Crippen molar-refractivity contribution in [3.05, 3.63) is 59.7 Å². The molecule has 0 saturated carbocycles. The molecule has 0 N–H and O–H groups in total. The van der Waals surface area contributed by atoms with Crippen molar-refractivity contribution in [1.29, 1.82) is 0 Å². The van der Waals surface area contributed by atoms with Crippen LogP contribution in [0.5, 0.6) is 11.5 Å². The Kier molecular flexibility index (Phi) is 11.3. The molecule has 0 bridgehead atoms. The van der Waals surface area contributed by atoms with E-state index in [-0.39, 0.29) is 5.75 Å². The quantitative estimate of drug-likeness (QED) is 0.304. The Balaban J connectivity index is 1.50. The first-order chi connectivity index (χ1) is 17.2. The summed E-state index contributed by atoms with van der Waals surface area (Å²) in [6, 6.07) is 15.6. The highest BCUT2D eigenvalue weighted by molar-refractivity contribution is 8.16. The Morgan fingerprint density at radius 3 is 2.11 bits per heavy atom. The molecule has 3 rings (SSSR count). The van der Waals surface area contributed by atoms with E-state index in [1.54, 1.807) is 11.4 Å². The number of hydrogen-bond acceptors (Lipinski definition) is 7. The van der Waals surface area contributed by atoms with Crippen molar-refractivity contribution in [3.8, 4) is 11.5 Å². The highest BCUT2D eigenvalue weighted by Crippen LogP contribution is 2.45. The van der Waals surface area contributed by atoms with E-state index in [2.05, 4.69) is 44.7 Å². The van der Waals surface area contributed by atoms with Crippen LogP contribution in [0.25, 0.3) is 0 Å². The van der Waals surface area contributed by atoms with E-state index < -0.39 is 10.0 Å². The molecule has 0 radical (unpaired) electrons. The first-order valence-electron chi connectivity index (χ1n) is 12.5. The molecule has 0 unspecified atom stereocenters. The fraction of sp³-hybridized carbons (Fsp3) is 0.556. The van der Waals surface area contributed by atoms with Crippen LogP contribution in [0.3, 0.4) is 0 Å². The molecule has 9 heteroatoms. The van der Waals surface area contributed by atoms with Crippen LogP contribution in [-0.4, -0.2) is 74.6 Å². The maximum absolute atomic E-state index is 12.8. The van der Waals surface area contributed by atoms with Crippen molar-refractivity contribution in [1.82, 2.24) is 9.21 Å². The average molecular weight is 553 g/mol. The van der Waals surface area contributed by atoms with Crippen molar-refractivity contribution in [2.45, 2.75) is 48.5 Å². The molecule has 6 nitrogen and oxygen atoms in total. The molecule has 0 aromatic heterocycles. The number of sulfonamides is 1. The van der Waals surface area contributed by atoms with Crippen LogP contribution in [0.15, 0.2) is 48.5 Å². The highest BCUT2D eigenvalue weighted by atomic mass is 32.2. The molecular weight excluding hydrogens is 513 g/mol. The van der Waals surface area contributed by atoms with Gasteiger partial charge in [0.15, 0.2) is 11.5 Å². The van der Waals surface area contributed by atoms with Gasteiger partial charge in [0.2, 0.25) is 10.0 Å². The van der Waals surface area contributed by atoms with E-state index in [9.17, 15) is 8.42 Å². The second-order valence-electron chi connectivity index (χ2n) is 9.44. The van der Waals surface area contributed by atoms with Gasteiger partial charge < -0.3 is 9.47 Å². The minimum atomic E-state index is -3.30. The summed E-state index contributed by atoms with van der Waals surface area (Å²) in [5, 5.41) is 1.08. The normalized spacial score (nSPS) is 15.7. The van der Waals surface area contributed by atoms with Gasteiger partial charge in [-0.2, -0.15) is 4.31 Å². The lowest BCUT2D eigenvalue weighted by molar-refractivity contribution is 0.157. The monoisotopic (exact) mass is 552 g/mol. The number of methoxy groups -OCH3 is 1. The zero-order chi connectivity index (χ0) is 26.1. The summed E-state index contributed by atoms with van der Waals surface area (Å²) >= 11 is 3.92. The summed E-state index contributed by atoms with van der Waals surface area (Å²) in [5.41, 5.74) is 2.06. The zero-order valence-electron chi connectivity index (χ0n) is 22.1. The lowest BCUT2D eigenvalue weighted by Crippen LogP contribution is -2.49. The lowest BCUT2D eigenvalue weighted by atomic mass is 10.2. The molecular formula is C27H40N2O4S3.